The molecule has 0 aromatic heterocycles. The van der Waals surface area contributed by atoms with Crippen molar-refractivity contribution in [1.82, 2.24) is 9.80 Å². The third-order valence-corrected chi connectivity index (χ3v) is 4.22. The van der Waals surface area contributed by atoms with Gasteiger partial charge in [0.25, 0.3) is 11.8 Å². The molecule has 0 saturated carbocycles. The van der Waals surface area contributed by atoms with Crippen LogP contribution < -0.4 is 0 Å². The van der Waals surface area contributed by atoms with Crippen molar-refractivity contribution in [2.75, 3.05) is 14.1 Å². The van der Waals surface area contributed by atoms with Crippen molar-refractivity contribution in [2.45, 2.75) is 20.8 Å². The molecule has 5 heteroatoms. The number of thiocarbonyl (C=S) groups is 1. The van der Waals surface area contributed by atoms with Crippen LogP contribution in [0.15, 0.2) is 17.7 Å². The van der Waals surface area contributed by atoms with Crippen molar-refractivity contribution in [2.24, 2.45) is 0 Å². The van der Waals surface area contributed by atoms with Crippen LogP contribution in [0.2, 0.25) is 0 Å². The molecular formula is C16H18N2O2S. The Labute approximate surface area is 130 Å². The minimum absolute atomic E-state index is 0.142. The molecule has 0 bridgehead atoms. The molecule has 1 aliphatic rings. The predicted molar refractivity (Wildman–Crippen MR) is 86.8 cm³/mol. The zero-order valence-electron chi connectivity index (χ0n) is 12.9. The lowest BCUT2D eigenvalue weighted by Crippen LogP contribution is -2.52. The molecule has 2 rings (SSSR count). The summed E-state index contributed by atoms with van der Waals surface area (Å²) in [4.78, 5) is 27.3. The van der Waals surface area contributed by atoms with Crippen LogP contribution in [0.4, 0.5) is 0 Å². The third kappa shape index (κ3) is 2.61. The summed E-state index contributed by atoms with van der Waals surface area (Å²) in [5.41, 5.74) is 4.29. The number of aryl methyl sites for hydroxylation is 3. The molecule has 0 spiro atoms. The molecular weight excluding hydrogens is 284 g/mol. The fraction of sp³-hybridized carbons (Fsp3) is 0.312. The van der Waals surface area contributed by atoms with Crippen LogP contribution in [0.3, 0.4) is 0 Å². The second-order valence-electron chi connectivity index (χ2n) is 5.38. The van der Waals surface area contributed by atoms with Crippen LogP contribution >= 0.6 is 12.2 Å². The van der Waals surface area contributed by atoms with Gasteiger partial charge >= 0.3 is 0 Å². The lowest BCUT2D eigenvalue weighted by Gasteiger charge is -2.31. The number of hydrogen-bond donors (Lipinski definition) is 0. The molecule has 0 N–H and O–H groups in total. The van der Waals surface area contributed by atoms with Crippen LogP contribution in [0.5, 0.6) is 0 Å². The van der Waals surface area contributed by atoms with E-state index in [0.29, 0.717) is 0 Å². The van der Waals surface area contributed by atoms with Crippen molar-refractivity contribution >= 4 is 35.2 Å². The summed E-state index contributed by atoms with van der Waals surface area (Å²) in [6.45, 7) is 5.97. The minimum Gasteiger partial charge on any atom is -0.288 e. The largest absolute Gasteiger partial charge is 0.288 e. The highest BCUT2D eigenvalue weighted by Gasteiger charge is 2.35. The van der Waals surface area contributed by atoms with Gasteiger partial charge in [0.1, 0.15) is 5.57 Å². The lowest BCUT2D eigenvalue weighted by atomic mass is 9.97. The normalized spacial score (nSPS) is 15.9. The van der Waals surface area contributed by atoms with Gasteiger partial charge in [0, 0.05) is 14.1 Å². The van der Waals surface area contributed by atoms with E-state index >= 15 is 0 Å². The van der Waals surface area contributed by atoms with E-state index in [9.17, 15) is 9.59 Å². The Balaban J connectivity index is 2.57. The van der Waals surface area contributed by atoms with Gasteiger partial charge in [-0.25, -0.2) is 0 Å². The molecule has 1 saturated heterocycles. The third-order valence-electron chi connectivity index (χ3n) is 3.67. The zero-order chi connectivity index (χ0) is 15.9. The maximum Gasteiger partial charge on any atom is 0.265 e. The standard InChI is InChI=1S/C16H18N2O2S/c1-9-6-10(2)12(11(3)7-9)8-13-14(19)17(4)16(21)18(5)15(13)20/h6-8H,1-5H3. The number of hydrogen-bond acceptors (Lipinski definition) is 3. The first kappa shape index (κ1) is 15.4. The van der Waals surface area contributed by atoms with Gasteiger partial charge in [-0.05, 0) is 55.8 Å². The Kier molecular flexibility index (Phi) is 3.96. The maximum absolute atomic E-state index is 12.3. The number of amides is 2. The number of likely N-dealkylation sites (N-methyl/N-ethyl adjacent to an activating group) is 2. The van der Waals surface area contributed by atoms with Gasteiger partial charge in [-0.1, -0.05) is 17.7 Å². The topological polar surface area (TPSA) is 40.6 Å². The first-order chi connectivity index (χ1) is 9.73. The van der Waals surface area contributed by atoms with Gasteiger partial charge in [0.15, 0.2) is 5.11 Å². The summed E-state index contributed by atoms with van der Waals surface area (Å²) in [7, 11) is 3.16. The number of benzene rings is 1. The SMILES string of the molecule is Cc1cc(C)c(C=C2C(=O)N(C)C(=S)N(C)C2=O)c(C)c1. The van der Waals surface area contributed by atoms with Crippen molar-refractivity contribution in [3.05, 3.63) is 40.0 Å². The van der Waals surface area contributed by atoms with Gasteiger partial charge in [0.05, 0.1) is 0 Å². The van der Waals surface area contributed by atoms with E-state index in [0.717, 1.165) is 22.3 Å². The highest BCUT2D eigenvalue weighted by molar-refractivity contribution is 7.80. The first-order valence-corrected chi connectivity index (χ1v) is 7.04. The molecule has 1 aromatic carbocycles. The van der Waals surface area contributed by atoms with Crippen LogP contribution in [0.25, 0.3) is 6.08 Å². The summed E-state index contributed by atoms with van der Waals surface area (Å²) in [6, 6.07) is 4.07. The number of rotatable bonds is 1. The van der Waals surface area contributed by atoms with Gasteiger partial charge in [-0.15, -0.1) is 0 Å². The summed E-state index contributed by atoms with van der Waals surface area (Å²) in [5.74, 6) is -0.718. The summed E-state index contributed by atoms with van der Waals surface area (Å²) in [5, 5.41) is 0.222. The highest BCUT2D eigenvalue weighted by atomic mass is 32.1. The van der Waals surface area contributed by atoms with Gasteiger partial charge in [0.2, 0.25) is 0 Å². The Morgan fingerprint density at radius 3 is 1.81 bits per heavy atom. The highest BCUT2D eigenvalue weighted by Crippen LogP contribution is 2.23. The number of nitrogens with zero attached hydrogens (tertiary/aromatic N) is 2. The number of carbonyl (C=O) groups is 2. The van der Waals surface area contributed by atoms with Crippen molar-refractivity contribution in [3.8, 4) is 0 Å². The number of carbonyl (C=O) groups excluding carboxylic acids is 2. The Morgan fingerprint density at radius 1 is 0.952 bits per heavy atom. The van der Waals surface area contributed by atoms with Gasteiger partial charge in [-0.2, -0.15) is 0 Å². The second-order valence-corrected chi connectivity index (χ2v) is 5.75. The van der Waals surface area contributed by atoms with E-state index in [-0.39, 0.29) is 22.5 Å². The Bertz CT molecular complexity index is 643. The minimum atomic E-state index is -0.359. The van der Waals surface area contributed by atoms with Gasteiger partial charge < -0.3 is 0 Å². The molecule has 4 nitrogen and oxygen atoms in total. The predicted octanol–water partition coefficient (Wildman–Crippen LogP) is 2.21. The van der Waals surface area contributed by atoms with E-state index < -0.39 is 0 Å². The first-order valence-electron chi connectivity index (χ1n) is 6.63. The second kappa shape index (κ2) is 5.41. The molecule has 0 unspecified atom stereocenters. The average Bonchev–Trinajstić information content (AvgIpc) is 2.41. The van der Waals surface area contributed by atoms with E-state index in [1.165, 1.54) is 9.80 Å². The average molecular weight is 302 g/mol. The summed E-state index contributed by atoms with van der Waals surface area (Å²) < 4.78 is 0. The molecule has 1 heterocycles. The van der Waals surface area contributed by atoms with E-state index in [1.807, 2.05) is 32.9 Å². The fourth-order valence-corrected chi connectivity index (χ4v) is 2.70. The molecule has 2 amide bonds. The van der Waals surface area contributed by atoms with E-state index in [4.69, 9.17) is 12.2 Å². The molecule has 0 aliphatic carbocycles. The zero-order valence-corrected chi connectivity index (χ0v) is 13.7. The smallest absolute Gasteiger partial charge is 0.265 e. The molecule has 21 heavy (non-hydrogen) atoms. The maximum atomic E-state index is 12.3. The van der Waals surface area contributed by atoms with Crippen LogP contribution in [0.1, 0.15) is 22.3 Å². The molecule has 1 aromatic rings. The molecule has 110 valence electrons. The lowest BCUT2D eigenvalue weighted by molar-refractivity contribution is -0.132. The summed E-state index contributed by atoms with van der Waals surface area (Å²) >= 11 is 5.07. The van der Waals surface area contributed by atoms with Crippen molar-refractivity contribution < 1.29 is 9.59 Å². The van der Waals surface area contributed by atoms with Crippen LogP contribution in [-0.2, 0) is 9.59 Å². The fourth-order valence-electron chi connectivity index (χ4n) is 2.54. The van der Waals surface area contributed by atoms with Crippen molar-refractivity contribution in [3.63, 3.8) is 0 Å². The van der Waals surface area contributed by atoms with Crippen molar-refractivity contribution in [1.29, 1.82) is 0 Å². The molecule has 0 radical (unpaired) electrons. The van der Waals surface area contributed by atoms with E-state index in [2.05, 4.69) is 0 Å². The van der Waals surface area contributed by atoms with Crippen LogP contribution in [-0.4, -0.2) is 40.8 Å². The Morgan fingerprint density at radius 2 is 1.38 bits per heavy atom. The van der Waals surface area contributed by atoms with E-state index in [1.54, 1.807) is 20.2 Å². The monoisotopic (exact) mass is 302 g/mol. The summed E-state index contributed by atoms with van der Waals surface area (Å²) in [6.07, 6.45) is 1.67. The molecule has 0 atom stereocenters. The molecule has 1 aliphatic heterocycles. The molecule has 1 fully saturated rings. The van der Waals surface area contributed by atoms with Crippen LogP contribution in [0, 0.1) is 20.8 Å². The quantitative estimate of drug-likeness (QED) is 0.454. The van der Waals surface area contributed by atoms with Gasteiger partial charge in [-0.3, -0.25) is 19.4 Å². The Hall–Kier alpha value is -2.01.